The molecule has 8 nitrogen and oxygen atoms in total. The first-order valence-electron chi connectivity index (χ1n) is 8.68. The second-order valence-corrected chi connectivity index (χ2v) is 6.58. The number of hydrogen-bond donors (Lipinski definition) is 1. The largest absolute Gasteiger partial charge is 0.454 e. The average Bonchev–Trinajstić information content (AvgIpc) is 3.14. The Morgan fingerprint density at radius 1 is 1.23 bits per heavy atom. The van der Waals surface area contributed by atoms with Crippen LogP contribution in [0.4, 0.5) is 4.79 Å². The van der Waals surface area contributed by atoms with Crippen molar-refractivity contribution in [2.45, 2.75) is 32.7 Å². The molecule has 0 spiro atoms. The number of ether oxygens (including phenoxy) is 2. The van der Waals surface area contributed by atoms with Crippen LogP contribution in [0.5, 0.6) is 11.5 Å². The van der Waals surface area contributed by atoms with Crippen molar-refractivity contribution in [3.05, 3.63) is 23.8 Å². The number of carbonyl (C=O) groups excluding carboxylic acids is 3. The predicted molar refractivity (Wildman–Crippen MR) is 92.8 cm³/mol. The van der Waals surface area contributed by atoms with E-state index in [-0.39, 0.29) is 19.2 Å². The fourth-order valence-electron chi connectivity index (χ4n) is 3.28. The van der Waals surface area contributed by atoms with Gasteiger partial charge < -0.3 is 19.7 Å². The van der Waals surface area contributed by atoms with E-state index < -0.39 is 17.5 Å². The molecule has 1 atom stereocenters. The molecule has 8 heteroatoms. The molecule has 1 aromatic carbocycles. The van der Waals surface area contributed by atoms with Crippen LogP contribution in [0.25, 0.3) is 0 Å². The SMILES string of the molecule is CCN(CC)C(=O)CN1C(=O)N[C@](C)(Cc2ccc3c(c2)OCO3)C1=O. The number of amides is 4. The summed E-state index contributed by atoms with van der Waals surface area (Å²) >= 11 is 0. The van der Waals surface area contributed by atoms with E-state index in [9.17, 15) is 14.4 Å². The van der Waals surface area contributed by atoms with Crippen molar-refractivity contribution in [3.63, 3.8) is 0 Å². The topological polar surface area (TPSA) is 88.2 Å². The summed E-state index contributed by atoms with van der Waals surface area (Å²) in [4.78, 5) is 40.0. The van der Waals surface area contributed by atoms with Gasteiger partial charge >= 0.3 is 6.03 Å². The van der Waals surface area contributed by atoms with Gasteiger partial charge in [0, 0.05) is 19.5 Å². The summed E-state index contributed by atoms with van der Waals surface area (Å²) in [6.07, 6.45) is 0.296. The molecule has 1 aromatic rings. The monoisotopic (exact) mass is 361 g/mol. The number of fused-ring (bicyclic) bond motifs is 1. The highest BCUT2D eigenvalue weighted by Crippen LogP contribution is 2.34. The second-order valence-electron chi connectivity index (χ2n) is 6.58. The summed E-state index contributed by atoms with van der Waals surface area (Å²) in [6, 6.07) is 4.88. The molecular weight excluding hydrogens is 338 g/mol. The lowest BCUT2D eigenvalue weighted by Gasteiger charge is -2.23. The van der Waals surface area contributed by atoms with E-state index >= 15 is 0 Å². The summed E-state index contributed by atoms with van der Waals surface area (Å²) in [5.74, 6) is 0.634. The summed E-state index contributed by atoms with van der Waals surface area (Å²) in [5.41, 5.74) is -0.267. The molecule has 4 amide bonds. The van der Waals surface area contributed by atoms with E-state index in [4.69, 9.17) is 9.47 Å². The van der Waals surface area contributed by atoms with Crippen LogP contribution in [0.15, 0.2) is 18.2 Å². The lowest BCUT2D eigenvalue weighted by molar-refractivity contribution is -0.138. The molecule has 26 heavy (non-hydrogen) atoms. The summed E-state index contributed by atoms with van der Waals surface area (Å²) in [7, 11) is 0. The first-order valence-corrected chi connectivity index (χ1v) is 8.68. The normalized spacial score (nSPS) is 21.1. The lowest BCUT2D eigenvalue weighted by atomic mass is 9.92. The maximum Gasteiger partial charge on any atom is 0.325 e. The standard InChI is InChI=1S/C18H23N3O5/c1-4-20(5-2)15(22)10-21-16(23)18(3,19-17(21)24)9-12-6-7-13-14(8-12)26-11-25-13/h6-8H,4-5,9-11H2,1-3H3,(H,19,24)/t18-/m1/s1. The Morgan fingerprint density at radius 3 is 2.62 bits per heavy atom. The number of urea groups is 1. The number of nitrogens with zero attached hydrogens (tertiary/aromatic N) is 2. The highest BCUT2D eigenvalue weighted by Gasteiger charge is 2.48. The first-order chi connectivity index (χ1) is 12.4. The van der Waals surface area contributed by atoms with E-state index in [1.807, 2.05) is 19.9 Å². The predicted octanol–water partition coefficient (Wildman–Crippen LogP) is 1.14. The molecular formula is C18H23N3O5. The molecule has 140 valence electrons. The summed E-state index contributed by atoms with van der Waals surface area (Å²) in [5, 5.41) is 2.72. The third kappa shape index (κ3) is 3.18. The van der Waals surface area contributed by atoms with Crippen molar-refractivity contribution >= 4 is 17.8 Å². The van der Waals surface area contributed by atoms with Gasteiger partial charge in [0.25, 0.3) is 5.91 Å². The number of benzene rings is 1. The summed E-state index contributed by atoms with van der Waals surface area (Å²) < 4.78 is 10.6. The number of carbonyl (C=O) groups is 3. The smallest absolute Gasteiger partial charge is 0.325 e. The lowest BCUT2D eigenvalue weighted by Crippen LogP contribution is -2.47. The van der Waals surface area contributed by atoms with Gasteiger partial charge in [0.1, 0.15) is 12.1 Å². The molecule has 0 unspecified atom stereocenters. The molecule has 0 bridgehead atoms. The van der Waals surface area contributed by atoms with Gasteiger partial charge in [-0.2, -0.15) is 0 Å². The average molecular weight is 361 g/mol. The van der Waals surface area contributed by atoms with Crippen LogP contribution in [0, 0.1) is 0 Å². The Balaban J connectivity index is 1.73. The van der Waals surface area contributed by atoms with Crippen LogP contribution >= 0.6 is 0 Å². The van der Waals surface area contributed by atoms with Crippen LogP contribution in [-0.4, -0.2) is 59.6 Å². The number of hydrogen-bond acceptors (Lipinski definition) is 5. The molecule has 0 aromatic heterocycles. The van der Waals surface area contributed by atoms with E-state index in [2.05, 4.69) is 5.32 Å². The Bertz CT molecular complexity index is 746. The van der Waals surface area contributed by atoms with Crippen molar-refractivity contribution in [2.75, 3.05) is 26.4 Å². The second kappa shape index (κ2) is 6.86. The molecule has 3 rings (SSSR count). The number of nitrogens with one attached hydrogen (secondary N) is 1. The molecule has 1 saturated heterocycles. The van der Waals surface area contributed by atoms with Crippen LogP contribution in [0.1, 0.15) is 26.3 Å². The molecule has 2 aliphatic heterocycles. The highest BCUT2D eigenvalue weighted by atomic mass is 16.7. The molecule has 1 N–H and O–H groups in total. The zero-order chi connectivity index (χ0) is 18.9. The zero-order valence-corrected chi connectivity index (χ0v) is 15.2. The third-order valence-electron chi connectivity index (χ3n) is 4.75. The Labute approximate surface area is 152 Å². The minimum atomic E-state index is -1.10. The van der Waals surface area contributed by atoms with Crippen molar-refractivity contribution in [2.24, 2.45) is 0 Å². The third-order valence-corrected chi connectivity index (χ3v) is 4.75. The van der Waals surface area contributed by atoms with Gasteiger partial charge in [0.15, 0.2) is 11.5 Å². The Morgan fingerprint density at radius 2 is 1.92 bits per heavy atom. The van der Waals surface area contributed by atoms with Gasteiger partial charge in [0.2, 0.25) is 12.7 Å². The van der Waals surface area contributed by atoms with Gasteiger partial charge in [-0.05, 0) is 38.5 Å². The van der Waals surface area contributed by atoms with Gasteiger partial charge in [-0.15, -0.1) is 0 Å². The van der Waals surface area contributed by atoms with Crippen molar-refractivity contribution in [1.29, 1.82) is 0 Å². The molecule has 1 fully saturated rings. The number of imide groups is 1. The van der Waals surface area contributed by atoms with Gasteiger partial charge in [-0.1, -0.05) is 6.07 Å². The minimum absolute atomic E-state index is 0.174. The Kier molecular flexibility index (Phi) is 4.76. The maximum atomic E-state index is 12.8. The van der Waals surface area contributed by atoms with Crippen molar-refractivity contribution < 1.29 is 23.9 Å². The van der Waals surface area contributed by atoms with Crippen LogP contribution in [0.3, 0.4) is 0 Å². The van der Waals surface area contributed by atoms with Crippen LogP contribution in [0.2, 0.25) is 0 Å². The van der Waals surface area contributed by atoms with Crippen LogP contribution < -0.4 is 14.8 Å². The van der Waals surface area contributed by atoms with E-state index in [1.54, 1.807) is 24.0 Å². The first kappa shape index (κ1) is 18.0. The fourth-order valence-corrected chi connectivity index (χ4v) is 3.28. The number of rotatable bonds is 6. The fraction of sp³-hybridized carbons (Fsp3) is 0.500. The Hall–Kier alpha value is -2.77. The number of likely N-dealkylation sites (N-methyl/N-ethyl adjacent to an activating group) is 1. The van der Waals surface area contributed by atoms with Gasteiger partial charge in [-0.25, -0.2) is 4.79 Å². The quantitative estimate of drug-likeness (QED) is 0.768. The molecule has 2 aliphatic rings. The minimum Gasteiger partial charge on any atom is -0.454 e. The summed E-state index contributed by atoms with van der Waals surface area (Å²) in [6.45, 7) is 6.38. The molecule has 0 saturated carbocycles. The van der Waals surface area contributed by atoms with E-state index in [0.717, 1.165) is 10.5 Å². The molecule has 0 aliphatic carbocycles. The van der Waals surface area contributed by atoms with E-state index in [1.165, 1.54) is 0 Å². The van der Waals surface area contributed by atoms with E-state index in [0.29, 0.717) is 31.0 Å². The molecule has 0 radical (unpaired) electrons. The van der Waals surface area contributed by atoms with Crippen molar-refractivity contribution in [3.8, 4) is 11.5 Å². The van der Waals surface area contributed by atoms with Gasteiger partial charge in [-0.3, -0.25) is 14.5 Å². The molecule has 2 heterocycles. The maximum absolute atomic E-state index is 12.8. The van der Waals surface area contributed by atoms with Gasteiger partial charge in [0.05, 0.1) is 0 Å². The van der Waals surface area contributed by atoms with Crippen molar-refractivity contribution in [1.82, 2.24) is 15.1 Å². The zero-order valence-electron chi connectivity index (χ0n) is 15.2. The van der Waals surface area contributed by atoms with Crippen LogP contribution in [-0.2, 0) is 16.0 Å². The highest BCUT2D eigenvalue weighted by molar-refractivity contribution is 6.08.